The van der Waals surface area contributed by atoms with E-state index < -0.39 is 0 Å². The molecule has 0 atom stereocenters. The molecule has 0 saturated carbocycles. The molecule has 184 valence electrons. The first-order valence-electron chi connectivity index (χ1n) is 12.6. The second-order valence-electron chi connectivity index (χ2n) is 10.3. The van der Waals surface area contributed by atoms with E-state index in [9.17, 15) is 0 Å². The number of nitrogens with one attached hydrogen (secondary N) is 1. The van der Waals surface area contributed by atoms with Crippen molar-refractivity contribution in [3.8, 4) is 0 Å². The molecule has 1 aromatic carbocycles. The first-order valence-corrected chi connectivity index (χ1v) is 12.6. The monoisotopic (exact) mass is 471 g/mol. The van der Waals surface area contributed by atoms with Crippen LogP contribution in [0.4, 0.5) is 0 Å². The number of allylic oxidation sites excluding steroid dienone is 4. The number of likely N-dealkylation sites (tertiary alicyclic amines) is 1. The highest BCUT2D eigenvalue weighted by molar-refractivity contribution is 5.92. The third-order valence-corrected chi connectivity index (χ3v) is 7.33. The van der Waals surface area contributed by atoms with Crippen LogP contribution in [0.15, 0.2) is 60.2 Å². The van der Waals surface area contributed by atoms with Gasteiger partial charge in [0.25, 0.3) is 0 Å². The van der Waals surface area contributed by atoms with Crippen LogP contribution >= 0.6 is 0 Å². The van der Waals surface area contributed by atoms with Crippen LogP contribution < -0.4 is 11.6 Å². The fraction of sp³-hybridized carbons (Fsp3) is 0.393. The molecule has 2 aliphatic rings. The summed E-state index contributed by atoms with van der Waals surface area (Å²) in [6.45, 7) is 9.56. The maximum atomic E-state index is 6.10. The van der Waals surface area contributed by atoms with Gasteiger partial charge in [0.15, 0.2) is 0 Å². The molecule has 35 heavy (non-hydrogen) atoms. The van der Waals surface area contributed by atoms with Crippen LogP contribution in [0.2, 0.25) is 0 Å². The molecule has 0 radical (unpaired) electrons. The minimum Gasteiger partial charge on any atom is -0.401 e. The molecule has 1 saturated heterocycles. The third kappa shape index (κ3) is 4.66. The summed E-state index contributed by atoms with van der Waals surface area (Å²) in [6, 6.07) is 9.12. The summed E-state index contributed by atoms with van der Waals surface area (Å²) in [5, 5.41) is 7.44. The Morgan fingerprint density at radius 2 is 1.97 bits per heavy atom. The van der Waals surface area contributed by atoms with Crippen molar-refractivity contribution < 1.29 is 0 Å². The van der Waals surface area contributed by atoms with E-state index in [1.54, 1.807) is 5.01 Å². The number of aryl methyl sites for hydroxylation is 1. The van der Waals surface area contributed by atoms with E-state index in [1.165, 1.54) is 34.9 Å². The molecule has 7 nitrogen and oxygen atoms in total. The highest BCUT2D eigenvalue weighted by Gasteiger charge is 2.24. The van der Waals surface area contributed by atoms with Crippen molar-refractivity contribution in [1.29, 1.82) is 0 Å². The molecule has 5 rings (SSSR count). The van der Waals surface area contributed by atoms with E-state index in [0.717, 1.165) is 42.3 Å². The number of aromatic nitrogens is 3. The second kappa shape index (κ2) is 9.40. The van der Waals surface area contributed by atoms with Crippen molar-refractivity contribution in [3.63, 3.8) is 0 Å². The van der Waals surface area contributed by atoms with Crippen LogP contribution in [0, 0.1) is 0 Å². The summed E-state index contributed by atoms with van der Waals surface area (Å²) in [7, 11) is 1.98. The van der Waals surface area contributed by atoms with Crippen LogP contribution in [0.5, 0.6) is 0 Å². The van der Waals surface area contributed by atoms with E-state index >= 15 is 0 Å². The lowest BCUT2D eigenvalue weighted by Gasteiger charge is -2.31. The van der Waals surface area contributed by atoms with Crippen molar-refractivity contribution in [2.75, 3.05) is 13.1 Å². The molecular formula is C28H37N7. The maximum Gasteiger partial charge on any atom is 0.0764 e. The SMILES string of the molecule is C/C(N)=C1\C=C(c2[nH]c3ccc(C4CCN(Cc5ccn(C)n5)CC4)cc3c2C(C)C)C=CN1N. The normalized spacial score (nSPS) is 19.1. The van der Waals surface area contributed by atoms with E-state index in [2.05, 4.69) is 65.2 Å². The summed E-state index contributed by atoms with van der Waals surface area (Å²) >= 11 is 0. The van der Waals surface area contributed by atoms with Crippen molar-refractivity contribution in [1.82, 2.24) is 24.7 Å². The highest BCUT2D eigenvalue weighted by atomic mass is 15.4. The molecular weight excluding hydrogens is 434 g/mol. The zero-order valence-corrected chi connectivity index (χ0v) is 21.3. The maximum absolute atomic E-state index is 6.10. The quantitative estimate of drug-likeness (QED) is 0.470. The van der Waals surface area contributed by atoms with Gasteiger partial charge >= 0.3 is 0 Å². The first kappa shape index (κ1) is 23.5. The summed E-state index contributed by atoms with van der Waals surface area (Å²) in [5.74, 6) is 7.07. The second-order valence-corrected chi connectivity index (χ2v) is 10.3. The number of hydrogen-bond donors (Lipinski definition) is 3. The van der Waals surface area contributed by atoms with Crippen molar-refractivity contribution in [2.24, 2.45) is 18.6 Å². The Bertz CT molecular complexity index is 1310. The number of hydrazine groups is 1. The van der Waals surface area contributed by atoms with Crippen LogP contribution in [0.25, 0.3) is 16.5 Å². The van der Waals surface area contributed by atoms with Crippen molar-refractivity contribution in [2.45, 2.75) is 52.0 Å². The number of nitrogens with zero attached hydrogens (tertiary/aromatic N) is 4. The Kier molecular flexibility index (Phi) is 6.30. The van der Waals surface area contributed by atoms with E-state index in [-0.39, 0.29) is 0 Å². The molecule has 3 aromatic rings. The molecule has 7 heteroatoms. The molecule has 0 amide bonds. The van der Waals surface area contributed by atoms with Gasteiger partial charge in [0.2, 0.25) is 0 Å². The lowest BCUT2D eigenvalue weighted by atomic mass is 9.87. The molecule has 5 N–H and O–H groups in total. The summed E-state index contributed by atoms with van der Waals surface area (Å²) in [5.41, 5.74) is 15.0. The summed E-state index contributed by atoms with van der Waals surface area (Å²) < 4.78 is 1.88. The molecule has 1 fully saturated rings. The zero-order chi connectivity index (χ0) is 24.7. The van der Waals surface area contributed by atoms with Crippen molar-refractivity contribution in [3.05, 3.63) is 82.7 Å². The Balaban J connectivity index is 1.41. The standard InChI is InChI=1S/C28H37N7/c1-18(2)27-24-15-21(20-7-12-34(13-8-20)17-23-10-11-33(4)32-23)5-6-25(24)31-28(27)22-9-14-35(30)26(16-22)19(3)29/h5-6,9-11,14-16,18,20,31H,7-8,12-13,17,29-30H2,1-4H3/b26-19-. The first-order chi connectivity index (χ1) is 16.8. The Morgan fingerprint density at radius 1 is 1.20 bits per heavy atom. The lowest BCUT2D eigenvalue weighted by molar-refractivity contribution is 0.202. The molecule has 0 bridgehead atoms. The summed E-state index contributed by atoms with van der Waals surface area (Å²) in [6.07, 6.45) is 10.4. The van der Waals surface area contributed by atoms with Gasteiger partial charge in [0, 0.05) is 48.2 Å². The lowest BCUT2D eigenvalue weighted by Crippen LogP contribution is -2.32. The largest absolute Gasteiger partial charge is 0.401 e. The average Bonchev–Trinajstić information content (AvgIpc) is 3.42. The van der Waals surface area contributed by atoms with E-state index in [0.29, 0.717) is 17.5 Å². The molecule has 2 aliphatic heterocycles. The topological polar surface area (TPSA) is 92.1 Å². The van der Waals surface area contributed by atoms with Gasteiger partial charge in [0.05, 0.1) is 17.1 Å². The molecule has 0 aliphatic carbocycles. The van der Waals surface area contributed by atoms with Crippen LogP contribution in [0.1, 0.15) is 68.0 Å². The smallest absolute Gasteiger partial charge is 0.0764 e. The predicted molar refractivity (Wildman–Crippen MR) is 143 cm³/mol. The number of benzene rings is 1. The van der Waals surface area contributed by atoms with E-state index in [4.69, 9.17) is 11.6 Å². The van der Waals surface area contributed by atoms with Crippen molar-refractivity contribution >= 4 is 16.5 Å². The third-order valence-electron chi connectivity index (χ3n) is 7.33. The van der Waals surface area contributed by atoms with Gasteiger partial charge in [0.1, 0.15) is 0 Å². The average molecular weight is 472 g/mol. The zero-order valence-electron chi connectivity index (χ0n) is 21.3. The summed E-state index contributed by atoms with van der Waals surface area (Å²) in [4.78, 5) is 6.22. The van der Waals surface area contributed by atoms with Gasteiger partial charge in [-0.3, -0.25) is 14.6 Å². The number of rotatable bonds is 5. The number of hydrogen-bond acceptors (Lipinski definition) is 5. The van der Waals surface area contributed by atoms with Gasteiger partial charge in [-0.1, -0.05) is 19.9 Å². The minimum absolute atomic E-state index is 0.380. The number of H-pyrrole nitrogens is 1. The minimum atomic E-state index is 0.380. The van der Waals surface area contributed by atoms with Gasteiger partial charge in [-0.25, -0.2) is 5.84 Å². The van der Waals surface area contributed by atoms with Crippen LogP contribution in [-0.4, -0.2) is 37.8 Å². The highest BCUT2D eigenvalue weighted by Crippen LogP contribution is 2.38. The van der Waals surface area contributed by atoms with Gasteiger partial charge in [-0.15, -0.1) is 0 Å². The Labute approximate surface area is 207 Å². The van der Waals surface area contributed by atoms with Crippen LogP contribution in [-0.2, 0) is 13.6 Å². The number of fused-ring (bicyclic) bond motifs is 1. The molecule has 0 spiro atoms. The van der Waals surface area contributed by atoms with E-state index in [1.807, 2.05) is 31.1 Å². The molecule has 2 aromatic heterocycles. The fourth-order valence-electron chi connectivity index (χ4n) is 5.50. The molecule has 0 unspecified atom stereocenters. The van der Waals surface area contributed by atoms with Crippen LogP contribution in [0.3, 0.4) is 0 Å². The Hall–Kier alpha value is -3.29. The van der Waals surface area contributed by atoms with Gasteiger partial charge in [-0.05, 0) is 86.2 Å². The van der Waals surface area contributed by atoms with Gasteiger partial charge < -0.3 is 10.7 Å². The number of piperidine rings is 1. The van der Waals surface area contributed by atoms with Gasteiger partial charge in [-0.2, -0.15) is 5.10 Å². The number of nitrogens with two attached hydrogens (primary N) is 2. The fourth-order valence-corrected chi connectivity index (χ4v) is 5.50. The Morgan fingerprint density at radius 3 is 2.63 bits per heavy atom. The molecule has 4 heterocycles. The predicted octanol–water partition coefficient (Wildman–Crippen LogP) is 4.68. The number of aromatic amines is 1.